The summed E-state index contributed by atoms with van der Waals surface area (Å²) in [7, 11) is 0. The third-order valence-corrected chi connectivity index (χ3v) is 7.89. The van der Waals surface area contributed by atoms with Gasteiger partial charge in [0.2, 0.25) is 5.91 Å². The Morgan fingerprint density at radius 2 is 1.83 bits per heavy atom. The van der Waals surface area contributed by atoms with Crippen molar-refractivity contribution < 1.29 is 29.0 Å². The number of fused-ring (bicyclic) bond motifs is 2. The summed E-state index contributed by atoms with van der Waals surface area (Å²) in [5, 5.41) is 9.20. The fourth-order valence-electron chi connectivity index (χ4n) is 6.35. The lowest BCUT2D eigenvalue weighted by Gasteiger charge is -2.36. The summed E-state index contributed by atoms with van der Waals surface area (Å²) in [6.45, 7) is 4.99. The number of nitrogens with zero attached hydrogens (tertiary/aromatic N) is 2. The van der Waals surface area contributed by atoms with Gasteiger partial charge in [-0.05, 0) is 50.7 Å². The fraction of sp³-hybridized carbons (Fsp3) is 0.536. The maximum Gasteiger partial charge on any atom is 0.312 e. The minimum absolute atomic E-state index is 0.0803. The van der Waals surface area contributed by atoms with Crippen LogP contribution in [0.4, 0.5) is 5.69 Å². The van der Waals surface area contributed by atoms with Gasteiger partial charge in [0.05, 0.1) is 18.6 Å². The Labute approximate surface area is 211 Å². The topological polar surface area (TPSA) is 96.4 Å². The van der Waals surface area contributed by atoms with Crippen LogP contribution in [0.2, 0.25) is 0 Å². The molecule has 8 heteroatoms. The molecule has 5 atom stereocenters. The zero-order chi connectivity index (χ0) is 25.4. The van der Waals surface area contributed by atoms with Crippen LogP contribution in [0, 0.1) is 25.7 Å². The van der Waals surface area contributed by atoms with E-state index in [1.165, 1.54) is 0 Å². The molecular formula is C28H34N2O6. The van der Waals surface area contributed by atoms with E-state index in [1.54, 1.807) is 9.80 Å². The molecule has 4 aliphatic rings. The molecule has 1 aromatic rings. The van der Waals surface area contributed by atoms with Crippen molar-refractivity contribution in [1.82, 2.24) is 4.90 Å². The molecule has 0 aliphatic carbocycles. The second-order valence-corrected chi connectivity index (χ2v) is 10.1. The Morgan fingerprint density at radius 3 is 2.58 bits per heavy atom. The van der Waals surface area contributed by atoms with E-state index in [4.69, 9.17) is 9.47 Å². The number of anilines is 1. The highest BCUT2D eigenvalue weighted by atomic mass is 16.6. The standard InChI is InChI=1S/C28H34N2O6/c1-18-10-8-11-19(2)23(18)29-15-9-13-28-22(21-20(36-28)12-4-7-17-35-27(21)34)25(32)30(24(28)26(29)33)14-5-3-6-16-31/h4,8-13,20-22,24,31H,3,5-7,14-17H2,1-2H3/t20-,21+,22+,24?,28+/m1/s1. The minimum Gasteiger partial charge on any atom is -0.465 e. The van der Waals surface area contributed by atoms with Crippen LogP contribution >= 0.6 is 0 Å². The number of benzene rings is 1. The first kappa shape index (κ1) is 24.7. The molecule has 36 heavy (non-hydrogen) atoms. The normalized spacial score (nSPS) is 31.5. The van der Waals surface area contributed by atoms with Crippen molar-refractivity contribution in [2.24, 2.45) is 11.8 Å². The first-order valence-electron chi connectivity index (χ1n) is 12.9. The quantitative estimate of drug-likeness (QED) is 0.371. The number of aryl methyl sites for hydroxylation is 2. The van der Waals surface area contributed by atoms with E-state index in [1.807, 2.05) is 56.4 Å². The minimum atomic E-state index is -1.25. The number of hydrogen-bond donors (Lipinski definition) is 1. The lowest BCUT2D eigenvalue weighted by atomic mass is 9.77. The van der Waals surface area contributed by atoms with Gasteiger partial charge in [0, 0.05) is 25.4 Å². The van der Waals surface area contributed by atoms with E-state index in [0.717, 1.165) is 23.2 Å². The van der Waals surface area contributed by atoms with Crippen LogP contribution in [0.3, 0.4) is 0 Å². The second-order valence-electron chi connectivity index (χ2n) is 10.1. The number of unbranched alkanes of at least 4 members (excludes halogenated alkanes) is 2. The number of esters is 1. The predicted molar refractivity (Wildman–Crippen MR) is 133 cm³/mol. The highest BCUT2D eigenvalue weighted by Crippen LogP contribution is 2.53. The molecule has 4 heterocycles. The zero-order valence-corrected chi connectivity index (χ0v) is 20.9. The Hall–Kier alpha value is -2.97. The number of carbonyl (C=O) groups excluding carboxylic acids is 3. The largest absolute Gasteiger partial charge is 0.465 e. The van der Waals surface area contributed by atoms with E-state index in [-0.39, 0.29) is 25.0 Å². The molecule has 2 amide bonds. The molecule has 8 nitrogen and oxygen atoms in total. The molecular weight excluding hydrogens is 460 g/mol. The van der Waals surface area contributed by atoms with Gasteiger partial charge in [-0.1, -0.05) is 42.5 Å². The van der Waals surface area contributed by atoms with Crippen LogP contribution in [0.15, 0.2) is 42.5 Å². The van der Waals surface area contributed by atoms with Crippen molar-refractivity contribution >= 4 is 23.5 Å². The Kier molecular flexibility index (Phi) is 6.74. The summed E-state index contributed by atoms with van der Waals surface area (Å²) < 4.78 is 12.1. The molecule has 4 aliphatic heterocycles. The summed E-state index contributed by atoms with van der Waals surface area (Å²) in [4.78, 5) is 44.8. The molecule has 1 unspecified atom stereocenters. The van der Waals surface area contributed by atoms with Crippen LogP contribution in [0.5, 0.6) is 0 Å². The van der Waals surface area contributed by atoms with Crippen molar-refractivity contribution in [2.75, 3.05) is 31.2 Å². The van der Waals surface area contributed by atoms with E-state index in [0.29, 0.717) is 32.4 Å². The second kappa shape index (κ2) is 9.82. The number of cyclic esters (lactones) is 1. The van der Waals surface area contributed by atoms with E-state index in [9.17, 15) is 19.5 Å². The third-order valence-electron chi connectivity index (χ3n) is 7.89. The monoisotopic (exact) mass is 494 g/mol. The summed E-state index contributed by atoms with van der Waals surface area (Å²) >= 11 is 0. The average molecular weight is 495 g/mol. The van der Waals surface area contributed by atoms with Gasteiger partial charge in [-0.2, -0.15) is 0 Å². The van der Waals surface area contributed by atoms with Gasteiger partial charge in [0.25, 0.3) is 5.91 Å². The van der Waals surface area contributed by atoms with Crippen molar-refractivity contribution in [3.63, 3.8) is 0 Å². The summed E-state index contributed by atoms with van der Waals surface area (Å²) in [6.07, 6.45) is 9.47. The van der Waals surface area contributed by atoms with Gasteiger partial charge in [0.1, 0.15) is 17.6 Å². The van der Waals surface area contributed by atoms with Gasteiger partial charge in [0.15, 0.2) is 0 Å². The summed E-state index contributed by atoms with van der Waals surface area (Å²) in [6, 6.07) is 5.02. The van der Waals surface area contributed by atoms with Gasteiger partial charge < -0.3 is 24.4 Å². The van der Waals surface area contributed by atoms with E-state index < -0.39 is 35.6 Å². The highest BCUT2D eigenvalue weighted by Gasteiger charge is 2.71. The molecule has 192 valence electrons. The van der Waals surface area contributed by atoms with Crippen molar-refractivity contribution in [3.8, 4) is 0 Å². The number of amides is 2. The van der Waals surface area contributed by atoms with Gasteiger partial charge >= 0.3 is 5.97 Å². The number of carbonyl (C=O) groups is 3. The van der Waals surface area contributed by atoms with Crippen LogP contribution < -0.4 is 4.90 Å². The van der Waals surface area contributed by atoms with E-state index >= 15 is 0 Å². The zero-order valence-electron chi connectivity index (χ0n) is 20.9. The number of likely N-dealkylation sites (tertiary alicyclic amines) is 1. The number of rotatable bonds is 6. The highest BCUT2D eigenvalue weighted by molar-refractivity contribution is 6.06. The molecule has 5 rings (SSSR count). The predicted octanol–water partition coefficient (Wildman–Crippen LogP) is 2.45. The van der Waals surface area contributed by atoms with Gasteiger partial charge in [-0.15, -0.1) is 0 Å². The Morgan fingerprint density at radius 1 is 1.06 bits per heavy atom. The average Bonchev–Trinajstić information content (AvgIpc) is 3.21. The lowest BCUT2D eigenvalue weighted by molar-refractivity contribution is -0.154. The Bertz CT molecular complexity index is 1090. The molecule has 0 radical (unpaired) electrons. The summed E-state index contributed by atoms with van der Waals surface area (Å²) in [5.74, 6) is -2.54. The lowest BCUT2D eigenvalue weighted by Crippen LogP contribution is -2.55. The number of para-hydroxylation sites is 1. The molecule has 1 N–H and O–H groups in total. The Balaban J connectivity index is 1.59. The molecule has 2 fully saturated rings. The van der Waals surface area contributed by atoms with Crippen LogP contribution in [0.1, 0.15) is 36.8 Å². The first-order chi connectivity index (χ1) is 17.4. The third kappa shape index (κ3) is 3.87. The van der Waals surface area contributed by atoms with Crippen LogP contribution in [-0.2, 0) is 23.9 Å². The number of ether oxygens (including phenoxy) is 2. The maximum absolute atomic E-state index is 14.4. The number of aliphatic hydroxyl groups excluding tert-OH is 1. The maximum atomic E-state index is 14.4. The molecule has 0 bridgehead atoms. The number of aliphatic hydroxyl groups is 1. The van der Waals surface area contributed by atoms with Crippen molar-refractivity contribution in [2.45, 2.75) is 57.3 Å². The van der Waals surface area contributed by atoms with Crippen LogP contribution in [-0.4, -0.2) is 71.8 Å². The molecule has 1 aromatic carbocycles. The first-order valence-corrected chi connectivity index (χ1v) is 12.9. The summed E-state index contributed by atoms with van der Waals surface area (Å²) in [5.41, 5.74) is 1.54. The van der Waals surface area contributed by atoms with E-state index in [2.05, 4.69) is 0 Å². The van der Waals surface area contributed by atoms with Crippen molar-refractivity contribution in [3.05, 3.63) is 53.6 Å². The fourth-order valence-corrected chi connectivity index (χ4v) is 6.35. The molecule has 1 spiro atoms. The van der Waals surface area contributed by atoms with Crippen LogP contribution in [0.25, 0.3) is 0 Å². The molecule has 0 aromatic heterocycles. The van der Waals surface area contributed by atoms with Crippen molar-refractivity contribution in [1.29, 1.82) is 0 Å². The number of hydrogen-bond acceptors (Lipinski definition) is 6. The van der Waals surface area contributed by atoms with Gasteiger partial charge in [-0.25, -0.2) is 0 Å². The molecule has 0 saturated carbocycles. The SMILES string of the molecule is Cc1cccc(C)c1N1CC=C[C@]23O[C@@H]4C=CCCOC(=O)[C@@H]4[C@H]2C(=O)N(CCCCCO)C3C1=O. The molecule has 2 saturated heterocycles. The smallest absolute Gasteiger partial charge is 0.312 e. The van der Waals surface area contributed by atoms with Gasteiger partial charge in [-0.3, -0.25) is 14.4 Å².